The average Bonchev–Trinajstić information content (AvgIpc) is 3.14. The van der Waals surface area contributed by atoms with Crippen LogP contribution in [0.2, 0.25) is 0 Å². The Morgan fingerprint density at radius 2 is 1.69 bits per heavy atom. The Hall–Kier alpha value is -3.04. The van der Waals surface area contributed by atoms with Gasteiger partial charge in [-0.3, -0.25) is 10.1 Å². The van der Waals surface area contributed by atoms with E-state index in [-0.39, 0.29) is 17.1 Å². The zero-order valence-electron chi connectivity index (χ0n) is 13.6. The Morgan fingerprint density at radius 3 is 2.27 bits per heavy atom. The van der Waals surface area contributed by atoms with Crippen molar-refractivity contribution < 1.29 is 13.3 Å². The van der Waals surface area contributed by atoms with Crippen LogP contribution in [0.15, 0.2) is 72.1 Å². The fourth-order valence-corrected chi connectivity index (χ4v) is 3.38. The number of nitro groups is 1. The monoisotopic (exact) mass is 372 g/mol. The predicted octanol–water partition coefficient (Wildman–Crippen LogP) is 2.32. The summed E-state index contributed by atoms with van der Waals surface area (Å²) in [6.07, 6.45) is 5.31. The minimum Gasteiger partial charge on any atom is -0.333 e. The summed E-state index contributed by atoms with van der Waals surface area (Å²) in [5.41, 5.74) is 1.73. The molecule has 0 aliphatic heterocycles. The first-order valence-corrected chi connectivity index (χ1v) is 9.20. The quantitative estimate of drug-likeness (QED) is 0.506. The topological polar surface area (TPSA) is 107 Å². The molecule has 0 aliphatic carbocycles. The first-order valence-electron chi connectivity index (χ1n) is 7.72. The summed E-state index contributed by atoms with van der Waals surface area (Å²) < 4.78 is 29.0. The third-order valence-corrected chi connectivity index (χ3v) is 5.19. The lowest BCUT2D eigenvalue weighted by molar-refractivity contribution is -0.384. The largest absolute Gasteiger partial charge is 0.333 e. The summed E-state index contributed by atoms with van der Waals surface area (Å²) in [6.45, 7) is 0.819. The number of nitro benzene ring substituents is 1. The van der Waals surface area contributed by atoms with Crippen molar-refractivity contribution in [1.29, 1.82) is 0 Å². The first-order chi connectivity index (χ1) is 12.4. The van der Waals surface area contributed by atoms with Crippen molar-refractivity contribution in [3.63, 3.8) is 0 Å². The Balaban J connectivity index is 1.63. The second-order valence-corrected chi connectivity index (χ2v) is 7.39. The van der Waals surface area contributed by atoms with E-state index in [1.165, 1.54) is 24.3 Å². The van der Waals surface area contributed by atoms with E-state index in [0.717, 1.165) is 11.1 Å². The molecular weight excluding hydrogens is 356 g/mol. The van der Waals surface area contributed by atoms with Gasteiger partial charge in [0.05, 0.1) is 16.1 Å². The van der Waals surface area contributed by atoms with Crippen LogP contribution in [-0.2, 0) is 23.1 Å². The van der Waals surface area contributed by atoms with Gasteiger partial charge >= 0.3 is 0 Å². The molecule has 1 aromatic heterocycles. The molecule has 0 aliphatic rings. The van der Waals surface area contributed by atoms with Crippen LogP contribution in [0.1, 0.15) is 11.1 Å². The van der Waals surface area contributed by atoms with E-state index in [9.17, 15) is 18.5 Å². The Morgan fingerprint density at radius 1 is 1.04 bits per heavy atom. The molecule has 9 heteroatoms. The molecule has 2 aromatic carbocycles. The number of imidazole rings is 1. The molecule has 0 saturated carbocycles. The minimum absolute atomic E-state index is 0.0140. The number of hydrogen-bond acceptors (Lipinski definition) is 5. The van der Waals surface area contributed by atoms with Crippen LogP contribution in [0.25, 0.3) is 0 Å². The number of rotatable bonds is 7. The number of hydrogen-bond donors (Lipinski definition) is 1. The molecular formula is C17H16N4O4S. The maximum absolute atomic E-state index is 12.3. The van der Waals surface area contributed by atoms with E-state index in [2.05, 4.69) is 9.71 Å². The number of nitrogens with zero attached hydrogens (tertiary/aromatic N) is 3. The number of aromatic nitrogens is 2. The van der Waals surface area contributed by atoms with E-state index < -0.39 is 14.9 Å². The van der Waals surface area contributed by atoms with Gasteiger partial charge < -0.3 is 4.57 Å². The van der Waals surface area contributed by atoms with Crippen LogP contribution >= 0.6 is 0 Å². The molecule has 8 nitrogen and oxygen atoms in total. The van der Waals surface area contributed by atoms with Crippen molar-refractivity contribution in [3.05, 3.63) is 88.5 Å². The van der Waals surface area contributed by atoms with Crippen LogP contribution in [0.4, 0.5) is 5.69 Å². The second kappa shape index (κ2) is 7.46. The standard InChI is InChI=1S/C17H16N4O4S/c22-21(23)16-5-7-17(8-6-16)26(24,25)19-11-14-1-3-15(4-2-14)12-20-10-9-18-13-20/h1-10,13,19H,11-12H2. The van der Waals surface area contributed by atoms with Crippen LogP contribution in [-0.4, -0.2) is 22.9 Å². The highest BCUT2D eigenvalue weighted by Crippen LogP contribution is 2.16. The van der Waals surface area contributed by atoms with Gasteiger partial charge in [-0.05, 0) is 23.3 Å². The number of sulfonamides is 1. The highest BCUT2D eigenvalue weighted by Gasteiger charge is 2.15. The van der Waals surface area contributed by atoms with Crippen molar-refractivity contribution in [3.8, 4) is 0 Å². The highest BCUT2D eigenvalue weighted by atomic mass is 32.2. The molecule has 26 heavy (non-hydrogen) atoms. The average molecular weight is 372 g/mol. The fourth-order valence-electron chi connectivity index (χ4n) is 2.36. The van der Waals surface area contributed by atoms with Gasteiger partial charge in [-0.2, -0.15) is 0 Å². The molecule has 3 aromatic rings. The van der Waals surface area contributed by atoms with Gasteiger partial charge in [-0.1, -0.05) is 24.3 Å². The van der Waals surface area contributed by atoms with Gasteiger partial charge in [0.25, 0.3) is 5.69 Å². The van der Waals surface area contributed by atoms with Gasteiger partial charge in [0, 0.05) is 37.6 Å². The highest BCUT2D eigenvalue weighted by molar-refractivity contribution is 7.89. The maximum atomic E-state index is 12.3. The third kappa shape index (κ3) is 4.32. The predicted molar refractivity (Wildman–Crippen MR) is 94.9 cm³/mol. The fraction of sp³-hybridized carbons (Fsp3) is 0.118. The summed E-state index contributed by atoms with van der Waals surface area (Å²) in [7, 11) is -3.74. The lowest BCUT2D eigenvalue weighted by Gasteiger charge is -2.08. The molecule has 0 spiro atoms. The lowest BCUT2D eigenvalue weighted by atomic mass is 10.1. The molecule has 3 rings (SSSR count). The number of benzene rings is 2. The summed E-state index contributed by atoms with van der Waals surface area (Å²) in [5.74, 6) is 0. The molecule has 1 N–H and O–H groups in total. The lowest BCUT2D eigenvalue weighted by Crippen LogP contribution is -2.23. The normalized spacial score (nSPS) is 11.4. The zero-order valence-corrected chi connectivity index (χ0v) is 14.5. The molecule has 0 fully saturated rings. The Bertz CT molecular complexity index is 982. The van der Waals surface area contributed by atoms with Crippen LogP contribution in [0.5, 0.6) is 0 Å². The molecule has 1 heterocycles. The molecule has 0 amide bonds. The summed E-state index contributed by atoms with van der Waals surface area (Å²) in [6, 6.07) is 12.3. The van der Waals surface area contributed by atoms with Crippen molar-refractivity contribution in [2.75, 3.05) is 0 Å². The van der Waals surface area contributed by atoms with E-state index >= 15 is 0 Å². The van der Waals surface area contributed by atoms with E-state index in [0.29, 0.717) is 6.54 Å². The van der Waals surface area contributed by atoms with Gasteiger partial charge in [-0.15, -0.1) is 0 Å². The molecule has 0 saturated heterocycles. The summed E-state index contributed by atoms with van der Waals surface area (Å²) in [4.78, 5) is 14.0. The van der Waals surface area contributed by atoms with Gasteiger partial charge in [0.1, 0.15) is 0 Å². The molecule has 0 bridgehead atoms. The van der Waals surface area contributed by atoms with E-state index in [1.807, 2.05) is 35.0 Å². The smallest absolute Gasteiger partial charge is 0.269 e. The van der Waals surface area contributed by atoms with Crippen LogP contribution < -0.4 is 4.72 Å². The molecule has 134 valence electrons. The zero-order chi connectivity index (χ0) is 18.6. The first kappa shape index (κ1) is 17.8. The van der Waals surface area contributed by atoms with Crippen LogP contribution in [0.3, 0.4) is 0 Å². The Kier molecular flexibility index (Phi) is 5.10. The summed E-state index contributed by atoms with van der Waals surface area (Å²) in [5, 5.41) is 10.6. The van der Waals surface area contributed by atoms with Crippen molar-refractivity contribution in [2.24, 2.45) is 0 Å². The van der Waals surface area contributed by atoms with E-state index in [1.54, 1.807) is 12.5 Å². The van der Waals surface area contributed by atoms with Crippen molar-refractivity contribution in [2.45, 2.75) is 18.0 Å². The number of nitrogens with one attached hydrogen (secondary N) is 1. The molecule has 0 atom stereocenters. The number of non-ortho nitro benzene ring substituents is 1. The summed E-state index contributed by atoms with van der Waals surface area (Å²) >= 11 is 0. The molecule has 0 radical (unpaired) electrons. The van der Waals surface area contributed by atoms with E-state index in [4.69, 9.17) is 0 Å². The van der Waals surface area contributed by atoms with Gasteiger partial charge in [0.2, 0.25) is 10.0 Å². The van der Waals surface area contributed by atoms with Crippen molar-refractivity contribution in [1.82, 2.24) is 14.3 Å². The SMILES string of the molecule is O=[N+]([O-])c1ccc(S(=O)(=O)NCc2ccc(Cn3ccnc3)cc2)cc1. The van der Waals surface area contributed by atoms with Crippen molar-refractivity contribution >= 4 is 15.7 Å². The maximum Gasteiger partial charge on any atom is 0.269 e. The van der Waals surface area contributed by atoms with Gasteiger partial charge in [-0.25, -0.2) is 18.1 Å². The molecule has 0 unspecified atom stereocenters. The second-order valence-electron chi connectivity index (χ2n) is 5.63. The van der Waals surface area contributed by atoms with Gasteiger partial charge in [0.15, 0.2) is 0 Å². The van der Waals surface area contributed by atoms with Crippen LogP contribution in [0, 0.1) is 10.1 Å². The Labute approximate surface area is 150 Å². The third-order valence-electron chi connectivity index (χ3n) is 3.77. The minimum atomic E-state index is -3.74.